The van der Waals surface area contributed by atoms with Crippen LogP contribution in [0.2, 0.25) is 0 Å². The average Bonchev–Trinajstić information content (AvgIpc) is 2.78. The highest BCUT2D eigenvalue weighted by atomic mass is 32.2. The zero-order chi connectivity index (χ0) is 13.6. The lowest BCUT2D eigenvalue weighted by molar-refractivity contribution is 0.282. The minimum atomic E-state index is -3.15. The maximum absolute atomic E-state index is 12.4. The van der Waals surface area contributed by atoms with Crippen LogP contribution in [-0.2, 0) is 10.0 Å². The van der Waals surface area contributed by atoms with Gasteiger partial charge in [-0.15, -0.1) is 0 Å². The third kappa shape index (κ3) is 4.86. The molecule has 1 rings (SSSR count). The number of hydrogen-bond acceptors (Lipinski definition) is 3. The summed E-state index contributed by atoms with van der Waals surface area (Å²) in [6, 6.07) is 0.214. The molecule has 0 aromatic carbocycles. The zero-order valence-corrected chi connectivity index (χ0v) is 12.5. The molecule has 0 atom stereocenters. The van der Waals surface area contributed by atoms with Gasteiger partial charge in [-0.05, 0) is 31.6 Å². The van der Waals surface area contributed by atoms with E-state index in [9.17, 15) is 8.42 Å². The summed E-state index contributed by atoms with van der Waals surface area (Å²) in [5.41, 5.74) is 0. The van der Waals surface area contributed by atoms with Crippen molar-refractivity contribution in [2.24, 2.45) is 5.92 Å². The fourth-order valence-electron chi connectivity index (χ4n) is 2.56. The molecule has 0 amide bonds. The molecule has 0 unspecified atom stereocenters. The Morgan fingerprint density at radius 2 is 1.83 bits per heavy atom. The van der Waals surface area contributed by atoms with E-state index < -0.39 is 10.0 Å². The molecule has 0 bridgehead atoms. The number of rotatable bonds is 8. The standard InChI is InChI=1S/C13H27NO3S/c1-12(2)11-14(13-7-3-4-8-13)18(16,17)10-6-5-9-15/h12-13,15H,3-11H2,1-2H3. The minimum absolute atomic E-state index is 0.0725. The van der Waals surface area contributed by atoms with Gasteiger partial charge in [-0.1, -0.05) is 26.7 Å². The predicted octanol–water partition coefficient (Wildman–Crippen LogP) is 1.99. The number of unbranched alkanes of at least 4 members (excludes halogenated alkanes) is 1. The molecule has 0 aromatic rings. The second-order valence-electron chi connectivity index (χ2n) is 5.65. The van der Waals surface area contributed by atoms with Crippen molar-refractivity contribution in [3.05, 3.63) is 0 Å². The van der Waals surface area contributed by atoms with Gasteiger partial charge in [-0.25, -0.2) is 8.42 Å². The van der Waals surface area contributed by atoms with Crippen molar-refractivity contribution in [3.8, 4) is 0 Å². The van der Waals surface area contributed by atoms with Crippen LogP contribution in [0.25, 0.3) is 0 Å². The van der Waals surface area contributed by atoms with Crippen LogP contribution < -0.4 is 0 Å². The first-order valence-electron chi connectivity index (χ1n) is 7.07. The number of nitrogens with zero attached hydrogens (tertiary/aromatic N) is 1. The van der Waals surface area contributed by atoms with Gasteiger partial charge in [0.2, 0.25) is 10.0 Å². The molecule has 5 heteroatoms. The van der Waals surface area contributed by atoms with E-state index in [1.165, 1.54) is 0 Å². The summed E-state index contributed by atoms with van der Waals surface area (Å²) in [4.78, 5) is 0. The third-order valence-corrected chi connectivity index (χ3v) is 5.41. The molecule has 0 heterocycles. The number of sulfonamides is 1. The fraction of sp³-hybridized carbons (Fsp3) is 1.00. The molecule has 108 valence electrons. The van der Waals surface area contributed by atoms with Crippen molar-refractivity contribution in [2.45, 2.75) is 58.4 Å². The highest BCUT2D eigenvalue weighted by Crippen LogP contribution is 2.27. The van der Waals surface area contributed by atoms with Gasteiger partial charge in [0, 0.05) is 19.2 Å². The number of hydrogen-bond donors (Lipinski definition) is 1. The van der Waals surface area contributed by atoms with Crippen molar-refractivity contribution < 1.29 is 13.5 Å². The van der Waals surface area contributed by atoms with E-state index in [1.807, 2.05) is 0 Å². The summed E-state index contributed by atoms with van der Waals surface area (Å²) in [7, 11) is -3.15. The summed E-state index contributed by atoms with van der Waals surface area (Å²) in [6.07, 6.45) is 5.42. The zero-order valence-electron chi connectivity index (χ0n) is 11.6. The molecule has 1 N–H and O–H groups in total. The predicted molar refractivity (Wildman–Crippen MR) is 73.9 cm³/mol. The Morgan fingerprint density at radius 1 is 1.22 bits per heavy atom. The second kappa shape index (κ2) is 7.46. The largest absolute Gasteiger partial charge is 0.396 e. The molecule has 1 aliphatic carbocycles. The van der Waals surface area contributed by atoms with Gasteiger partial charge in [-0.3, -0.25) is 0 Å². The highest BCUT2D eigenvalue weighted by Gasteiger charge is 2.31. The van der Waals surface area contributed by atoms with E-state index in [0.29, 0.717) is 25.3 Å². The summed E-state index contributed by atoms with van der Waals surface area (Å²) in [5.74, 6) is 0.537. The van der Waals surface area contributed by atoms with E-state index in [4.69, 9.17) is 5.11 Å². The molecule has 0 spiro atoms. The van der Waals surface area contributed by atoms with Crippen molar-refractivity contribution >= 4 is 10.0 Å². The van der Waals surface area contributed by atoms with Crippen molar-refractivity contribution in [2.75, 3.05) is 18.9 Å². The Morgan fingerprint density at radius 3 is 2.33 bits per heavy atom. The van der Waals surface area contributed by atoms with E-state index in [-0.39, 0.29) is 18.4 Å². The van der Waals surface area contributed by atoms with Crippen LogP contribution in [0.3, 0.4) is 0 Å². The van der Waals surface area contributed by atoms with Crippen LogP contribution in [0.15, 0.2) is 0 Å². The number of aliphatic hydroxyl groups excluding tert-OH is 1. The Bertz CT molecular complexity index is 321. The quantitative estimate of drug-likeness (QED) is 0.690. The van der Waals surface area contributed by atoms with E-state index in [1.54, 1.807) is 4.31 Å². The van der Waals surface area contributed by atoms with Crippen LogP contribution >= 0.6 is 0 Å². The van der Waals surface area contributed by atoms with E-state index >= 15 is 0 Å². The average molecular weight is 277 g/mol. The minimum Gasteiger partial charge on any atom is -0.396 e. The van der Waals surface area contributed by atoms with Crippen molar-refractivity contribution in [1.29, 1.82) is 0 Å². The van der Waals surface area contributed by atoms with Gasteiger partial charge >= 0.3 is 0 Å². The molecule has 0 aliphatic heterocycles. The van der Waals surface area contributed by atoms with Gasteiger partial charge in [0.15, 0.2) is 0 Å². The summed E-state index contributed by atoms with van der Waals surface area (Å²) >= 11 is 0. The van der Waals surface area contributed by atoms with E-state index in [0.717, 1.165) is 25.7 Å². The molecule has 1 aliphatic rings. The van der Waals surface area contributed by atoms with Crippen LogP contribution in [-0.4, -0.2) is 42.8 Å². The molecule has 4 nitrogen and oxygen atoms in total. The molecule has 0 radical (unpaired) electrons. The lowest BCUT2D eigenvalue weighted by atomic mass is 10.2. The first-order valence-corrected chi connectivity index (χ1v) is 8.68. The SMILES string of the molecule is CC(C)CN(C1CCCC1)S(=O)(=O)CCCCO. The monoisotopic (exact) mass is 277 g/mol. The lowest BCUT2D eigenvalue weighted by Gasteiger charge is -2.29. The van der Waals surface area contributed by atoms with Gasteiger partial charge in [0.25, 0.3) is 0 Å². The lowest BCUT2D eigenvalue weighted by Crippen LogP contribution is -2.42. The Hall–Kier alpha value is -0.130. The molecule has 1 fully saturated rings. The molecular formula is C13H27NO3S. The maximum Gasteiger partial charge on any atom is 0.214 e. The topological polar surface area (TPSA) is 57.6 Å². The highest BCUT2D eigenvalue weighted by molar-refractivity contribution is 7.89. The molecule has 0 saturated heterocycles. The number of aliphatic hydroxyl groups is 1. The van der Waals surface area contributed by atoms with Gasteiger partial charge in [0.05, 0.1) is 5.75 Å². The Balaban J connectivity index is 2.67. The summed E-state index contributed by atoms with van der Waals surface area (Å²) in [5, 5.41) is 8.75. The third-order valence-electron chi connectivity index (χ3n) is 3.44. The van der Waals surface area contributed by atoms with Crippen LogP contribution in [0.1, 0.15) is 52.4 Å². The van der Waals surface area contributed by atoms with Crippen molar-refractivity contribution in [1.82, 2.24) is 4.31 Å². The van der Waals surface area contributed by atoms with Crippen LogP contribution in [0.4, 0.5) is 0 Å². The second-order valence-corrected chi connectivity index (χ2v) is 7.69. The fourth-order valence-corrected chi connectivity index (χ4v) is 4.55. The maximum atomic E-state index is 12.4. The van der Waals surface area contributed by atoms with Crippen molar-refractivity contribution in [3.63, 3.8) is 0 Å². The van der Waals surface area contributed by atoms with E-state index in [2.05, 4.69) is 13.8 Å². The Labute approximate surface area is 111 Å². The van der Waals surface area contributed by atoms with Crippen LogP contribution in [0.5, 0.6) is 0 Å². The summed E-state index contributed by atoms with van der Waals surface area (Å²) < 4.78 is 26.5. The normalized spacial score (nSPS) is 18.1. The first kappa shape index (κ1) is 15.9. The Kier molecular flexibility index (Phi) is 6.60. The van der Waals surface area contributed by atoms with Gasteiger partial charge in [-0.2, -0.15) is 4.31 Å². The molecule has 1 saturated carbocycles. The van der Waals surface area contributed by atoms with Gasteiger partial charge in [0.1, 0.15) is 0 Å². The first-order chi connectivity index (χ1) is 8.47. The molecule has 0 aromatic heterocycles. The molecule has 18 heavy (non-hydrogen) atoms. The van der Waals surface area contributed by atoms with Crippen LogP contribution in [0, 0.1) is 5.92 Å². The van der Waals surface area contributed by atoms with Gasteiger partial charge < -0.3 is 5.11 Å². The summed E-state index contributed by atoms with van der Waals surface area (Å²) in [6.45, 7) is 4.83. The molecular weight excluding hydrogens is 250 g/mol. The smallest absolute Gasteiger partial charge is 0.214 e.